The normalized spacial score (nSPS) is 22.3. The van der Waals surface area contributed by atoms with Gasteiger partial charge in [-0.15, -0.1) is 0 Å². The van der Waals surface area contributed by atoms with Crippen LogP contribution in [-0.4, -0.2) is 55.3 Å². The molecule has 0 N–H and O–H groups in total. The molecule has 0 bridgehead atoms. The van der Waals surface area contributed by atoms with Crippen molar-refractivity contribution in [2.45, 2.75) is 69.6 Å². The van der Waals surface area contributed by atoms with E-state index in [1.807, 2.05) is 30.3 Å². The maximum atomic E-state index is 13.6. The summed E-state index contributed by atoms with van der Waals surface area (Å²) >= 11 is 0. The highest BCUT2D eigenvalue weighted by molar-refractivity contribution is 5.76. The summed E-state index contributed by atoms with van der Waals surface area (Å²) in [4.78, 5) is 33.3. The molecule has 1 aromatic heterocycles. The number of benzene rings is 2. The minimum absolute atomic E-state index is 0.0462. The van der Waals surface area contributed by atoms with Gasteiger partial charge in [0.1, 0.15) is 17.7 Å². The van der Waals surface area contributed by atoms with Gasteiger partial charge in [-0.05, 0) is 91.6 Å². The van der Waals surface area contributed by atoms with Crippen molar-refractivity contribution in [3.63, 3.8) is 0 Å². The number of esters is 1. The largest absolute Gasteiger partial charge is 0.496 e. The number of aromatic nitrogens is 1. The number of hydrogen-bond acceptors (Lipinski definition) is 7. The molecule has 0 unspecified atom stereocenters. The Morgan fingerprint density at radius 3 is 2.16 bits per heavy atom. The minimum Gasteiger partial charge on any atom is -0.496 e. The highest BCUT2D eigenvalue weighted by Crippen LogP contribution is 2.46. The summed E-state index contributed by atoms with van der Waals surface area (Å²) in [6.45, 7) is 2.97. The third-order valence-electron chi connectivity index (χ3n) is 9.69. The number of amides is 1. The van der Waals surface area contributed by atoms with Crippen molar-refractivity contribution >= 4 is 17.9 Å². The number of halogens is 6. The summed E-state index contributed by atoms with van der Waals surface area (Å²) in [5, 5.41) is 0. The third-order valence-corrected chi connectivity index (χ3v) is 9.69. The fourth-order valence-corrected chi connectivity index (χ4v) is 6.72. The van der Waals surface area contributed by atoms with Crippen molar-refractivity contribution < 1.29 is 50.1 Å². The van der Waals surface area contributed by atoms with Crippen molar-refractivity contribution in [2.75, 3.05) is 32.2 Å². The van der Waals surface area contributed by atoms with Crippen LogP contribution >= 0.6 is 0 Å². The second kappa shape index (κ2) is 13.1. The number of carbonyl (C=O) groups is 2. The first kappa shape index (κ1) is 34.4. The Hall–Kier alpha value is -4.49. The van der Waals surface area contributed by atoms with Gasteiger partial charge in [0.15, 0.2) is 0 Å². The Balaban J connectivity index is 1.33. The minimum atomic E-state index is -5.05. The van der Waals surface area contributed by atoms with E-state index in [0.29, 0.717) is 46.9 Å². The smallest absolute Gasteiger partial charge is 0.416 e. The van der Waals surface area contributed by atoms with Crippen molar-refractivity contribution in [3.05, 3.63) is 76.5 Å². The van der Waals surface area contributed by atoms with Gasteiger partial charge in [0.2, 0.25) is 0 Å². The molecule has 3 fully saturated rings. The Morgan fingerprint density at radius 2 is 1.59 bits per heavy atom. The molecule has 49 heavy (non-hydrogen) atoms. The third kappa shape index (κ3) is 7.00. The summed E-state index contributed by atoms with van der Waals surface area (Å²) < 4.78 is 97.7. The molecular formula is C35H35F6N3O5. The lowest BCUT2D eigenvalue weighted by Crippen LogP contribution is -2.38. The van der Waals surface area contributed by atoms with Crippen molar-refractivity contribution in [3.8, 4) is 16.9 Å². The number of ether oxygens (including phenoxy) is 3. The van der Waals surface area contributed by atoms with Crippen LogP contribution < -0.4 is 9.64 Å². The molecule has 0 radical (unpaired) electrons. The molecule has 2 aromatic carbocycles. The number of hydrogen-bond donors (Lipinski definition) is 0. The monoisotopic (exact) mass is 691 g/mol. The molecule has 2 aliphatic heterocycles. The molecule has 1 saturated carbocycles. The van der Waals surface area contributed by atoms with E-state index >= 15 is 0 Å². The number of nitrogens with zero attached hydrogens (tertiary/aromatic N) is 3. The fourth-order valence-electron chi connectivity index (χ4n) is 6.72. The molecule has 0 spiro atoms. The number of methoxy groups -OCH3 is 2. The first-order chi connectivity index (χ1) is 23.2. The predicted octanol–water partition coefficient (Wildman–Crippen LogP) is 8.14. The second-order valence-corrected chi connectivity index (χ2v) is 12.8. The maximum absolute atomic E-state index is 13.6. The summed E-state index contributed by atoms with van der Waals surface area (Å²) in [6.07, 6.45) is -9.43. The average Bonchev–Trinajstić information content (AvgIpc) is 3.29. The summed E-state index contributed by atoms with van der Waals surface area (Å²) in [5.74, 6) is 1.40. The Labute approximate surface area is 278 Å². The molecule has 3 heterocycles. The van der Waals surface area contributed by atoms with Gasteiger partial charge >= 0.3 is 24.4 Å². The van der Waals surface area contributed by atoms with Gasteiger partial charge in [-0.2, -0.15) is 26.3 Å². The molecule has 1 aliphatic carbocycles. The summed E-state index contributed by atoms with van der Waals surface area (Å²) in [6, 6.07) is 9.86. The van der Waals surface area contributed by atoms with Crippen LogP contribution in [0.4, 0.5) is 37.0 Å². The number of alkyl halides is 6. The van der Waals surface area contributed by atoms with E-state index in [2.05, 4.69) is 4.90 Å². The predicted molar refractivity (Wildman–Crippen MR) is 166 cm³/mol. The zero-order chi connectivity index (χ0) is 35.2. The molecule has 2 atom stereocenters. The van der Waals surface area contributed by atoms with Crippen LogP contribution in [0.3, 0.4) is 0 Å². The number of carbonyl (C=O) groups excluding carboxylic acids is 2. The van der Waals surface area contributed by atoms with Gasteiger partial charge in [0.05, 0.1) is 43.6 Å². The molecule has 3 aromatic rings. The van der Waals surface area contributed by atoms with Gasteiger partial charge < -0.3 is 19.1 Å². The van der Waals surface area contributed by atoms with Crippen molar-refractivity contribution in [2.24, 2.45) is 5.92 Å². The maximum Gasteiger partial charge on any atom is 0.416 e. The fraction of sp³-hybridized carbons (Fsp3) is 0.457. The lowest BCUT2D eigenvalue weighted by Gasteiger charge is -2.35. The molecule has 3 aliphatic rings. The first-order valence-corrected chi connectivity index (χ1v) is 15.9. The van der Waals surface area contributed by atoms with E-state index in [0.717, 1.165) is 37.9 Å². The number of pyridine rings is 1. The standard InChI is InChI=1S/C35H35F6N3O5/c1-19-32(23-14-24(34(36,37)38)17-25(15-23)35(39,40)41)49-33(46)44(19)18-28-26(6-8-30(42-28)43-9-4-10-43)27-16-21(5-7-29(27)47-2)22-11-20(12-22)13-31(45)48-3/h5-8,14-17,19-20,22,32H,4,9-13,18H2,1-3H3/t19-,20-,22+,32-/m0/s1. The second-order valence-electron chi connectivity index (χ2n) is 12.8. The van der Waals surface area contributed by atoms with E-state index in [-0.39, 0.29) is 30.4 Å². The number of cyclic esters (lactones) is 1. The highest BCUT2D eigenvalue weighted by atomic mass is 19.4. The zero-order valence-electron chi connectivity index (χ0n) is 27.0. The molecule has 2 saturated heterocycles. The van der Waals surface area contributed by atoms with Crippen LogP contribution in [0, 0.1) is 5.92 Å². The highest BCUT2D eigenvalue weighted by Gasteiger charge is 2.44. The van der Waals surface area contributed by atoms with Gasteiger partial charge in [0, 0.05) is 30.6 Å². The lowest BCUT2D eigenvalue weighted by atomic mass is 9.70. The van der Waals surface area contributed by atoms with E-state index in [1.54, 1.807) is 0 Å². The van der Waals surface area contributed by atoms with Gasteiger partial charge in [0.25, 0.3) is 0 Å². The topological polar surface area (TPSA) is 81.2 Å². The van der Waals surface area contributed by atoms with Gasteiger partial charge in [-0.1, -0.05) is 6.07 Å². The van der Waals surface area contributed by atoms with E-state index in [4.69, 9.17) is 19.2 Å². The van der Waals surface area contributed by atoms with E-state index < -0.39 is 47.3 Å². The number of rotatable bonds is 9. The van der Waals surface area contributed by atoms with Crippen LogP contribution in [-0.2, 0) is 33.2 Å². The van der Waals surface area contributed by atoms with E-state index in [1.165, 1.54) is 26.0 Å². The quantitative estimate of drug-likeness (QED) is 0.166. The average molecular weight is 692 g/mol. The first-order valence-electron chi connectivity index (χ1n) is 15.9. The SMILES string of the molecule is COC(=O)C[C@H]1C[C@@H](c2ccc(OC)c(-c3ccc(N4CCC4)nc3CN3C(=O)O[C@H](c4cc(C(F)(F)F)cc(C(F)(F)F)c4)[C@@H]3C)c2)C1. The Morgan fingerprint density at radius 1 is 0.918 bits per heavy atom. The number of anilines is 1. The van der Waals surface area contributed by atoms with Crippen LogP contribution in [0.1, 0.15) is 72.6 Å². The Bertz CT molecular complexity index is 1700. The van der Waals surface area contributed by atoms with Crippen LogP contribution in [0.25, 0.3) is 11.1 Å². The molecule has 8 nitrogen and oxygen atoms in total. The lowest BCUT2D eigenvalue weighted by molar-refractivity contribution is -0.144. The van der Waals surface area contributed by atoms with Crippen LogP contribution in [0.2, 0.25) is 0 Å². The van der Waals surface area contributed by atoms with Crippen molar-refractivity contribution in [1.29, 1.82) is 0 Å². The van der Waals surface area contributed by atoms with Gasteiger partial charge in [-0.25, -0.2) is 9.78 Å². The molecule has 6 rings (SSSR count). The van der Waals surface area contributed by atoms with Crippen molar-refractivity contribution in [1.82, 2.24) is 9.88 Å². The molecule has 14 heteroatoms. The van der Waals surface area contributed by atoms with E-state index in [9.17, 15) is 35.9 Å². The Kier molecular flexibility index (Phi) is 9.18. The van der Waals surface area contributed by atoms with Gasteiger partial charge in [-0.3, -0.25) is 9.69 Å². The molecule has 1 amide bonds. The zero-order valence-corrected chi connectivity index (χ0v) is 27.0. The molecular weight excluding hydrogens is 656 g/mol. The summed E-state index contributed by atoms with van der Waals surface area (Å²) in [7, 11) is 2.90. The molecule has 262 valence electrons. The van der Waals surface area contributed by atoms with Crippen LogP contribution in [0.5, 0.6) is 5.75 Å². The van der Waals surface area contributed by atoms with Crippen LogP contribution in [0.15, 0.2) is 48.5 Å². The summed E-state index contributed by atoms with van der Waals surface area (Å²) in [5.41, 5.74) is -0.530.